The molecule has 3 unspecified atom stereocenters. The van der Waals surface area contributed by atoms with Crippen LogP contribution in [0.5, 0.6) is 0 Å². The van der Waals surface area contributed by atoms with E-state index in [0.717, 1.165) is 6.42 Å². The fourth-order valence-corrected chi connectivity index (χ4v) is 1.52. The molecule has 0 aliphatic heterocycles. The van der Waals surface area contributed by atoms with Crippen LogP contribution in [0.2, 0.25) is 0 Å². The van der Waals surface area contributed by atoms with Crippen LogP contribution in [0.3, 0.4) is 0 Å². The minimum atomic E-state index is -0.928. The summed E-state index contributed by atoms with van der Waals surface area (Å²) in [4.78, 5) is 10.6. The first kappa shape index (κ1) is 12.4. The van der Waals surface area contributed by atoms with Gasteiger partial charge < -0.3 is 10.2 Å². The molecular weight excluding hydrogens is 168 g/mol. The van der Waals surface area contributed by atoms with E-state index >= 15 is 0 Å². The molecule has 3 nitrogen and oxygen atoms in total. The molecule has 3 heteroatoms. The zero-order valence-electron chi connectivity index (χ0n) is 8.82. The lowest BCUT2D eigenvalue weighted by Gasteiger charge is -2.23. The normalized spacial score (nSPS) is 18.3. The van der Waals surface area contributed by atoms with Crippen molar-refractivity contribution < 1.29 is 15.0 Å². The van der Waals surface area contributed by atoms with Gasteiger partial charge >= 0.3 is 5.97 Å². The Bertz CT molecular complexity index is 166. The number of aliphatic hydroxyl groups excluding tert-OH is 1. The molecular formula is C10H20O3. The van der Waals surface area contributed by atoms with Gasteiger partial charge in [-0.1, -0.05) is 20.8 Å². The fourth-order valence-electron chi connectivity index (χ4n) is 1.52. The van der Waals surface area contributed by atoms with E-state index in [1.165, 1.54) is 0 Å². The highest BCUT2D eigenvalue weighted by Gasteiger charge is 2.26. The van der Waals surface area contributed by atoms with Crippen LogP contribution >= 0.6 is 0 Å². The van der Waals surface area contributed by atoms with E-state index in [9.17, 15) is 9.90 Å². The minimum absolute atomic E-state index is 0.0473. The van der Waals surface area contributed by atoms with Crippen LogP contribution in [0.1, 0.15) is 34.1 Å². The molecule has 0 aromatic carbocycles. The van der Waals surface area contributed by atoms with E-state index in [1.807, 2.05) is 6.92 Å². The molecule has 0 aliphatic rings. The van der Waals surface area contributed by atoms with Crippen LogP contribution in [-0.4, -0.2) is 22.3 Å². The fraction of sp³-hybridized carbons (Fsp3) is 0.900. The van der Waals surface area contributed by atoms with Crippen LogP contribution in [0.4, 0.5) is 0 Å². The molecule has 0 fully saturated rings. The Morgan fingerprint density at radius 2 is 1.69 bits per heavy atom. The summed E-state index contributed by atoms with van der Waals surface area (Å²) >= 11 is 0. The van der Waals surface area contributed by atoms with Gasteiger partial charge in [-0.25, -0.2) is 0 Å². The molecule has 0 saturated carbocycles. The van der Waals surface area contributed by atoms with Crippen molar-refractivity contribution in [1.29, 1.82) is 0 Å². The highest BCUT2D eigenvalue weighted by Crippen LogP contribution is 2.20. The van der Waals surface area contributed by atoms with Gasteiger partial charge in [-0.05, 0) is 25.2 Å². The van der Waals surface area contributed by atoms with Gasteiger partial charge in [0.1, 0.15) is 0 Å². The number of hydrogen-bond acceptors (Lipinski definition) is 2. The molecule has 0 bridgehead atoms. The number of aliphatic carboxylic acids is 1. The van der Waals surface area contributed by atoms with Crippen molar-refractivity contribution >= 4 is 5.97 Å². The molecule has 0 aliphatic carbocycles. The van der Waals surface area contributed by atoms with Gasteiger partial charge in [-0.2, -0.15) is 0 Å². The highest BCUT2D eigenvalue weighted by molar-refractivity contribution is 5.70. The molecule has 0 aromatic heterocycles. The van der Waals surface area contributed by atoms with Crippen molar-refractivity contribution in [3.8, 4) is 0 Å². The third-order valence-electron chi connectivity index (χ3n) is 2.33. The molecule has 13 heavy (non-hydrogen) atoms. The standard InChI is InChI=1S/C10H20O3/c1-6(2)5-7(3)9(11)8(4)10(12)13/h6-9,11H,5H2,1-4H3,(H,12,13). The van der Waals surface area contributed by atoms with E-state index < -0.39 is 18.0 Å². The Morgan fingerprint density at radius 3 is 2.00 bits per heavy atom. The van der Waals surface area contributed by atoms with E-state index in [4.69, 9.17) is 5.11 Å². The van der Waals surface area contributed by atoms with Crippen molar-refractivity contribution in [3.05, 3.63) is 0 Å². The quantitative estimate of drug-likeness (QED) is 0.691. The molecule has 2 N–H and O–H groups in total. The zero-order chi connectivity index (χ0) is 10.6. The van der Waals surface area contributed by atoms with Crippen molar-refractivity contribution in [1.82, 2.24) is 0 Å². The molecule has 0 amide bonds. The summed E-state index contributed by atoms with van der Waals surface area (Å²) < 4.78 is 0. The molecule has 0 radical (unpaired) electrons. The lowest BCUT2D eigenvalue weighted by molar-refractivity contribution is -0.146. The molecule has 0 saturated heterocycles. The number of rotatable bonds is 5. The first-order valence-corrected chi connectivity index (χ1v) is 4.77. The van der Waals surface area contributed by atoms with Crippen molar-refractivity contribution in [3.63, 3.8) is 0 Å². The van der Waals surface area contributed by atoms with Gasteiger partial charge in [0, 0.05) is 0 Å². The van der Waals surface area contributed by atoms with Crippen molar-refractivity contribution in [2.24, 2.45) is 17.8 Å². The van der Waals surface area contributed by atoms with E-state index in [1.54, 1.807) is 6.92 Å². The van der Waals surface area contributed by atoms with Crippen LogP contribution < -0.4 is 0 Å². The number of carboxylic acids is 1. The summed E-state index contributed by atoms with van der Waals surface area (Å²) in [5.74, 6) is -1.06. The topological polar surface area (TPSA) is 57.5 Å². The first-order valence-electron chi connectivity index (χ1n) is 4.77. The molecule has 0 rings (SSSR count). The number of carboxylic acid groups (broad SMARTS) is 1. The average Bonchev–Trinajstić information content (AvgIpc) is 2.00. The minimum Gasteiger partial charge on any atom is -0.481 e. The third kappa shape index (κ3) is 4.27. The summed E-state index contributed by atoms with van der Waals surface area (Å²) in [7, 11) is 0. The van der Waals surface area contributed by atoms with Crippen LogP contribution in [0.15, 0.2) is 0 Å². The van der Waals surface area contributed by atoms with Crippen molar-refractivity contribution in [2.75, 3.05) is 0 Å². The lowest BCUT2D eigenvalue weighted by atomic mass is 9.87. The Labute approximate surface area is 79.8 Å². The van der Waals surface area contributed by atoms with Gasteiger partial charge in [0.05, 0.1) is 12.0 Å². The Morgan fingerprint density at radius 1 is 1.23 bits per heavy atom. The summed E-state index contributed by atoms with van der Waals surface area (Å²) in [5, 5.41) is 18.3. The lowest BCUT2D eigenvalue weighted by Crippen LogP contribution is -2.31. The summed E-state index contributed by atoms with van der Waals surface area (Å²) in [5.41, 5.74) is 0. The molecule has 0 spiro atoms. The predicted octanol–water partition coefficient (Wildman–Crippen LogP) is 1.75. The van der Waals surface area contributed by atoms with Gasteiger partial charge in [0.15, 0.2) is 0 Å². The number of carbonyl (C=O) groups is 1. The van der Waals surface area contributed by atoms with Gasteiger partial charge in [-0.3, -0.25) is 4.79 Å². The van der Waals surface area contributed by atoms with E-state index in [-0.39, 0.29) is 5.92 Å². The van der Waals surface area contributed by atoms with Gasteiger partial charge in [0.2, 0.25) is 0 Å². The molecule has 0 heterocycles. The second-order valence-electron chi connectivity index (χ2n) is 4.22. The Kier molecular flexibility index (Phi) is 4.99. The first-order chi connectivity index (χ1) is 5.86. The third-order valence-corrected chi connectivity index (χ3v) is 2.33. The Hall–Kier alpha value is -0.570. The monoisotopic (exact) mass is 188 g/mol. The maximum absolute atomic E-state index is 10.6. The van der Waals surface area contributed by atoms with E-state index in [0.29, 0.717) is 5.92 Å². The number of aliphatic hydroxyl groups is 1. The Balaban J connectivity index is 4.08. The van der Waals surface area contributed by atoms with Crippen LogP contribution in [-0.2, 0) is 4.79 Å². The van der Waals surface area contributed by atoms with Crippen LogP contribution in [0.25, 0.3) is 0 Å². The molecule has 0 aromatic rings. The second kappa shape index (κ2) is 5.22. The summed E-state index contributed by atoms with van der Waals surface area (Å²) in [6.07, 6.45) is 0.124. The summed E-state index contributed by atoms with van der Waals surface area (Å²) in [6, 6.07) is 0. The second-order valence-corrected chi connectivity index (χ2v) is 4.22. The number of hydrogen-bond donors (Lipinski definition) is 2. The highest BCUT2D eigenvalue weighted by atomic mass is 16.4. The maximum Gasteiger partial charge on any atom is 0.308 e. The molecule has 3 atom stereocenters. The zero-order valence-corrected chi connectivity index (χ0v) is 8.82. The molecule has 78 valence electrons. The van der Waals surface area contributed by atoms with Crippen LogP contribution in [0, 0.1) is 17.8 Å². The summed E-state index contributed by atoms with van der Waals surface area (Å²) in [6.45, 7) is 7.57. The van der Waals surface area contributed by atoms with Crippen molar-refractivity contribution in [2.45, 2.75) is 40.2 Å². The maximum atomic E-state index is 10.6. The van der Waals surface area contributed by atoms with Gasteiger partial charge in [0.25, 0.3) is 0 Å². The predicted molar refractivity (Wildman–Crippen MR) is 51.4 cm³/mol. The smallest absolute Gasteiger partial charge is 0.308 e. The largest absolute Gasteiger partial charge is 0.481 e. The van der Waals surface area contributed by atoms with E-state index in [2.05, 4.69) is 13.8 Å². The average molecular weight is 188 g/mol. The SMILES string of the molecule is CC(C)CC(C)C(O)C(C)C(=O)O. The van der Waals surface area contributed by atoms with Gasteiger partial charge in [-0.15, -0.1) is 0 Å².